The second-order valence-electron chi connectivity index (χ2n) is 5.71. The zero-order valence-corrected chi connectivity index (χ0v) is 12.1. The summed E-state index contributed by atoms with van der Waals surface area (Å²) in [6.45, 7) is 0. The molecule has 1 aliphatic carbocycles. The van der Waals surface area contributed by atoms with Crippen LogP contribution in [0.15, 0.2) is 36.4 Å². The summed E-state index contributed by atoms with van der Waals surface area (Å²) in [6, 6.07) is 8.83. The average Bonchev–Trinajstić information content (AvgIpc) is 3.24. The highest BCUT2D eigenvalue weighted by molar-refractivity contribution is 6.01. The minimum atomic E-state index is -0.606. The summed E-state index contributed by atoms with van der Waals surface area (Å²) in [7, 11) is 0. The fraction of sp³-hybridized carbons (Fsp3) is 0.176. The molecule has 0 saturated heterocycles. The van der Waals surface area contributed by atoms with Crippen LogP contribution in [0, 0.1) is 11.6 Å². The first-order chi connectivity index (χ1) is 11.1. The van der Waals surface area contributed by atoms with Gasteiger partial charge in [0.15, 0.2) is 0 Å². The molecule has 2 N–H and O–H groups in total. The summed E-state index contributed by atoms with van der Waals surface area (Å²) in [5.74, 6) is -1.42. The van der Waals surface area contributed by atoms with Gasteiger partial charge in [0.05, 0.1) is 11.1 Å². The average molecular weight is 313 g/mol. The number of aromatic nitrogens is 2. The molecule has 3 aromatic rings. The van der Waals surface area contributed by atoms with E-state index in [1.807, 2.05) is 0 Å². The lowest BCUT2D eigenvalue weighted by Crippen LogP contribution is -2.26. The molecule has 1 heterocycles. The number of rotatable bonds is 3. The van der Waals surface area contributed by atoms with Crippen molar-refractivity contribution in [2.75, 3.05) is 0 Å². The molecule has 0 atom stereocenters. The first-order valence-corrected chi connectivity index (χ1v) is 7.36. The Bertz CT molecular complexity index is 915. The predicted molar refractivity (Wildman–Crippen MR) is 81.9 cm³/mol. The molecule has 116 valence electrons. The molecule has 2 aromatic carbocycles. The third-order valence-corrected chi connectivity index (χ3v) is 3.91. The minimum absolute atomic E-state index is 0.0246. The van der Waals surface area contributed by atoms with Crippen molar-refractivity contribution in [3.63, 3.8) is 0 Å². The number of benzene rings is 2. The van der Waals surface area contributed by atoms with Crippen LogP contribution in [0.1, 0.15) is 23.2 Å². The van der Waals surface area contributed by atoms with E-state index in [-0.39, 0.29) is 17.4 Å². The first-order valence-electron chi connectivity index (χ1n) is 7.36. The number of hydrogen-bond acceptors (Lipinski definition) is 2. The topological polar surface area (TPSA) is 57.8 Å². The third kappa shape index (κ3) is 2.56. The fourth-order valence-corrected chi connectivity index (χ4v) is 2.56. The summed E-state index contributed by atoms with van der Waals surface area (Å²) >= 11 is 0. The Morgan fingerprint density at radius 3 is 2.78 bits per heavy atom. The number of hydrogen-bond donors (Lipinski definition) is 2. The molecule has 23 heavy (non-hydrogen) atoms. The van der Waals surface area contributed by atoms with Gasteiger partial charge in [0, 0.05) is 23.1 Å². The minimum Gasteiger partial charge on any atom is -0.349 e. The van der Waals surface area contributed by atoms with Crippen LogP contribution < -0.4 is 5.32 Å². The molecule has 1 saturated carbocycles. The van der Waals surface area contributed by atoms with Crippen LogP contribution in [0.5, 0.6) is 0 Å². The Morgan fingerprint density at radius 2 is 2.04 bits per heavy atom. The summed E-state index contributed by atoms with van der Waals surface area (Å²) in [5, 5.41) is 10.2. The maximum Gasteiger partial charge on any atom is 0.254 e. The van der Waals surface area contributed by atoms with Crippen molar-refractivity contribution in [2.45, 2.75) is 18.9 Å². The number of H-pyrrole nitrogens is 1. The molecule has 0 aliphatic heterocycles. The Balaban J connectivity index is 1.82. The number of halogens is 2. The van der Waals surface area contributed by atoms with Crippen LogP contribution in [0.3, 0.4) is 0 Å². The van der Waals surface area contributed by atoms with E-state index in [9.17, 15) is 13.6 Å². The Kier molecular flexibility index (Phi) is 3.11. The van der Waals surface area contributed by atoms with Crippen molar-refractivity contribution < 1.29 is 13.6 Å². The van der Waals surface area contributed by atoms with Gasteiger partial charge in [0.1, 0.15) is 17.3 Å². The van der Waals surface area contributed by atoms with Crippen LogP contribution in [0.2, 0.25) is 0 Å². The molecular weight excluding hydrogens is 300 g/mol. The first kappa shape index (κ1) is 13.9. The van der Waals surface area contributed by atoms with Gasteiger partial charge in [-0.05, 0) is 31.0 Å². The molecule has 6 heteroatoms. The maximum atomic E-state index is 14.1. The highest BCUT2D eigenvalue weighted by Crippen LogP contribution is 2.29. The monoisotopic (exact) mass is 313 g/mol. The Labute approximate surface area is 130 Å². The number of nitrogens with zero attached hydrogens (tertiary/aromatic N) is 1. The van der Waals surface area contributed by atoms with Gasteiger partial charge in [-0.15, -0.1) is 0 Å². The summed E-state index contributed by atoms with van der Waals surface area (Å²) in [5.41, 5.74) is 1.49. The standard InChI is InChI=1S/C17H13F2N3O/c18-10-3-1-2-9(6-10)16-13-7-12(17(23)20-11-4-5-11)14(19)8-15(13)21-22-16/h1-3,6-8,11H,4-5H2,(H,20,23)(H,21,22). The van der Waals surface area contributed by atoms with Gasteiger partial charge < -0.3 is 5.32 Å². The number of nitrogens with one attached hydrogen (secondary N) is 2. The third-order valence-electron chi connectivity index (χ3n) is 3.91. The highest BCUT2D eigenvalue weighted by atomic mass is 19.1. The van der Waals surface area contributed by atoms with Crippen LogP contribution in [0.25, 0.3) is 22.2 Å². The number of fused-ring (bicyclic) bond motifs is 1. The predicted octanol–water partition coefficient (Wildman–Crippen LogP) is 3.40. The normalized spacial score (nSPS) is 14.2. The van der Waals surface area contributed by atoms with E-state index >= 15 is 0 Å². The van der Waals surface area contributed by atoms with Crippen LogP contribution in [-0.2, 0) is 0 Å². The van der Waals surface area contributed by atoms with Crippen molar-refractivity contribution in [3.05, 3.63) is 53.6 Å². The molecule has 0 unspecified atom stereocenters. The Morgan fingerprint density at radius 1 is 1.22 bits per heavy atom. The van der Waals surface area contributed by atoms with E-state index in [0.717, 1.165) is 12.8 Å². The Hall–Kier alpha value is -2.76. The molecule has 4 nitrogen and oxygen atoms in total. The van der Waals surface area contributed by atoms with Crippen molar-refractivity contribution in [2.24, 2.45) is 0 Å². The number of carbonyl (C=O) groups excluding carboxylic acids is 1. The number of aromatic amines is 1. The fourth-order valence-electron chi connectivity index (χ4n) is 2.56. The number of amides is 1. The smallest absolute Gasteiger partial charge is 0.254 e. The van der Waals surface area contributed by atoms with Gasteiger partial charge in [-0.3, -0.25) is 9.89 Å². The van der Waals surface area contributed by atoms with Crippen molar-refractivity contribution in [1.82, 2.24) is 15.5 Å². The lowest BCUT2D eigenvalue weighted by Gasteiger charge is -2.05. The van der Waals surface area contributed by atoms with Gasteiger partial charge in [-0.25, -0.2) is 8.78 Å². The molecule has 1 amide bonds. The summed E-state index contributed by atoms with van der Waals surface area (Å²) < 4.78 is 27.6. The molecule has 0 bridgehead atoms. The summed E-state index contributed by atoms with van der Waals surface area (Å²) in [6.07, 6.45) is 1.85. The van der Waals surface area contributed by atoms with Crippen molar-refractivity contribution in [1.29, 1.82) is 0 Å². The van der Waals surface area contributed by atoms with Crippen LogP contribution in [0.4, 0.5) is 8.78 Å². The second kappa shape index (κ2) is 5.15. The van der Waals surface area contributed by atoms with Gasteiger partial charge in [0.2, 0.25) is 0 Å². The van der Waals surface area contributed by atoms with Gasteiger partial charge in [-0.2, -0.15) is 5.10 Å². The van der Waals surface area contributed by atoms with Gasteiger partial charge in [0.25, 0.3) is 5.91 Å². The zero-order valence-electron chi connectivity index (χ0n) is 12.1. The lowest BCUT2D eigenvalue weighted by molar-refractivity contribution is 0.0947. The summed E-state index contributed by atoms with van der Waals surface area (Å²) in [4.78, 5) is 12.1. The molecule has 1 aromatic heterocycles. The zero-order chi connectivity index (χ0) is 16.0. The van der Waals surface area contributed by atoms with E-state index < -0.39 is 11.7 Å². The van der Waals surface area contributed by atoms with Crippen molar-refractivity contribution >= 4 is 16.8 Å². The van der Waals surface area contributed by atoms with Crippen molar-refractivity contribution in [3.8, 4) is 11.3 Å². The molecule has 1 fully saturated rings. The van der Waals surface area contributed by atoms with E-state index in [0.29, 0.717) is 22.2 Å². The van der Waals surface area contributed by atoms with Gasteiger partial charge >= 0.3 is 0 Å². The van der Waals surface area contributed by atoms with Gasteiger partial charge in [-0.1, -0.05) is 12.1 Å². The van der Waals surface area contributed by atoms with E-state index in [1.54, 1.807) is 12.1 Å². The van der Waals surface area contributed by atoms with E-state index in [1.165, 1.54) is 24.3 Å². The quantitative estimate of drug-likeness (QED) is 0.778. The SMILES string of the molecule is O=C(NC1CC1)c1cc2c(-c3cccc(F)c3)n[nH]c2cc1F. The molecule has 4 rings (SSSR count). The second-order valence-corrected chi connectivity index (χ2v) is 5.71. The lowest BCUT2D eigenvalue weighted by atomic mass is 10.0. The van der Waals surface area contributed by atoms with E-state index in [4.69, 9.17) is 0 Å². The van der Waals surface area contributed by atoms with Crippen LogP contribution in [-0.4, -0.2) is 22.1 Å². The molecule has 0 spiro atoms. The molecule has 1 aliphatic rings. The largest absolute Gasteiger partial charge is 0.349 e. The van der Waals surface area contributed by atoms with E-state index in [2.05, 4.69) is 15.5 Å². The molecule has 0 radical (unpaired) electrons. The van der Waals surface area contributed by atoms with Crippen LogP contribution >= 0.6 is 0 Å². The number of carbonyl (C=O) groups is 1. The highest BCUT2D eigenvalue weighted by Gasteiger charge is 2.25. The molecular formula is C17H13F2N3O. The maximum absolute atomic E-state index is 14.1.